The fourth-order valence-corrected chi connectivity index (χ4v) is 5.82. The summed E-state index contributed by atoms with van der Waals surface area (Å²) in [6, 6.07) is 22.9. The summed E-state index contributed by atoms with van der Waals surface area (Å²) < 4.78 is 19.7. The highest BCUT2D eigenvalue weighted by Gasteiger charge is 2.33. The first kappa shape index (κ1) is 33.4. The van der Waals surface area contributed by atoms with Crippen molar-refractivity contribution in [2.75, 3.05) is 11.4 Å². The van der Waals surface area contributed by atoms with Gasteiger partial charge in [0.15, 0.2) is 0 Å². The van der Waals surface area contributed by atoms with Crippen LogP contribution in [0.25, 0.3) is 11.1 Å². The van der Waals surface area contributed by atoms with Crippen LogP contribution in [0.3, 0.4) is 0 Å². The highest BCUT2D eigenvalue weighted by Crippen LogP contribution is 2.31. The van der Waals surface area contributed by atoms with Crippen LogP contribution in [-0.2, 0) is 35.6 Å². The topological polar surface area (TPSA) is 116 Å². The molecule has 0 bridgehead atoms. The molecule has 0 saturated heterocycles. The third-order valence-corrected chi connectivity index (χ3v) is 8.26. The summed E-state index contributed by atoms with van der Waals surface area (Å²) in [7, 11) is 0. The summed E-state index contributed by atoms with van der Waals surface area (Å²) in [6.07, 6.45) is 2.56. The fourth-order valence-electron chi connectivity index (χ4n) is 5.82. The van der Waals surface area contributed by atoms with Gasteiger partial charge in [-0.3, -0.25) is 9.59 Å². The molecule has 3 aromatic carbocycles. The number of nitrogens with zero attached hydrogens (tertiary/aromatic N) is 1. The van der Waals surface area contributed by atoms with Gasteiger partial charge in [0.05, 0.1) is 19.4 Å². The normalized spacial score (nSPS) is 14.7. The lowest BCUT2D eigenvalue weighted by Gasteiger charge is -2.29. The number of carbonyl (C=O) groups excluding carboxylic acids is 3. The number of benzene rings is 3. The molecule has 1 aliphatic heterocycles. The van der Waals surface area contributed by atoms with E-state index in [9.17, 15) is 18.8 Å². The number of carbonyl (C=O) groups is 3. The van der Waals surface area contributed by atoms with Gasteiger partial charge in [0, 0.05) is 30.7 Å². The summed E-state index contributed by atoms with van der Waals surface area (Å²) in [5.41, 5.74) is 4.63. The minimum absolute atomic E-state index is 0.154. The lowest BCUT2D eigenvalue weighted by Crippen LogP contribution is -2.50. The molecule has 0 saturated carbocycles. The molecule has 4 amide bonds. The van der Waals surface area contributed by atoms with Crippen LogP contribution in [0, 0.1) is 5.82 Å². The van der Waals surface area contributed by atoms with Crippen molar-refractivity contribution >= 4 is 23.5 Å². The van der Waals surface area contributed by atoms with Gasteiger partial charge in [-0.1, -0.05) is 48.5 Å². The second-order valence-electron chi connectivity index (χ2n) is 12.4. The molecular weight excluding hydrogens is 597 g/mol. The first-order chi connectivity index (χ1) is 22.6. The number of anilines is 1. The van der Waals surface area contributed by atoms with Crippen molar-refractivity contribution in [3.05, 3.63) is 113 Å². The van der Waals surface area contributed by atoms with E-state index in [-0.39, 0.29) is 36.6 Å². The standard InChI is InChI=1S/C37H42FN5O4/c1-4-39-36(46)40-22-28-8-5-6-10-31(28)26-13-11-25(12-14-26)24-43-33-18-16-29(38)20-27(33)15-17-32(35(43)45)42-34(44)21-37(2,3)41-23-30-9-7-19-47-30/h5-14,16,18-20,32,41H,4,15,17,21-24H2,1-3H3,(H,42,44)(H2,39,40,46)/t32-/m1/s1. The lowest BCUT2D eigenvalue weighted by atomic mass is 9.98. The number of rotatable bonds is 12. The van der Waals surface area contributed by atoms with Crippen molar-refractivity contribution in [2.45, 2.75) is 71.2 Å². The number of furan rings is 1. The minimum atomic E-state index is -0.762. The molecule has 1 atom stereocenters. The summed E-state index contributed by atoms with van der Waals surface area (Å²) >= 11 is 0. The maximum atomic E-state index is 14.3. The Hall–Kier alpha value is -4.96. The Balaban J connectivity index is 1.30. The van der Waals surface area contributed by atoms with E-state index in [1.807, 2.05) is 81.4 Å². The molecule has 0 unspecified atom stereocenters. The smallest absolute Gasteiger partial charge is 0.315 e. The molecule has 0 radical (unpaired) electrons. The van der Waals surface area contributed by atoms with Gasteiger partial charge in [0.25, 0.3) is 0 Å². The van der Waals surface area contributed by atoms with Crippen molar-refractivity contribution in [2.24, 2.45) is 0 Å². The number of fused-ring (bicyclic) bond motifs is 1. The third kappa shape index (κ3) is 8.86. The second kappa shape index (κ2) is 15.1. The molecule has 0 fully saturated rings. The van der Waals surface area contributed by atoms with E-state index in [4.69, 9.17) is 4.42 Å². The zero-order valence-corrected chi connectivity index (χ0v) is 27.1. The van der Waals surface area contributed by atoms with E-state index in [0.29, 0.717) is 38.2 Å². The molecule has 10 heteroatoms. The van der Waals surface area contributed by atoms with Crippen molar-refractivity contribution in [3.8, 4) is 11.1 Å². The van der Waals surface area contributed by atoms with Crippen molar-refractivity contribution < 1.29 is 23.2 Å². The van der Waals surface area contributed by atoms with Crippen molar-refractivity contribution in [3.63, 3.8) is 0 Å². The van der Waals surface area contributed by atoms with Crippen LogP contribution in [0.15, 0.2) is 89.5 Å². The highest BCUT2D eigenvalue weighted by atomic mass is 19.1. The largest absolute Gasteiger partial charge is 0.468 e. The van der Waals surface area contributed by atoms with Gasteiger partial charge in [-0.25, -0.2) is 9.18 Å². The number of urea groups is 1. The molecule has 47 heavy (non-hydrogen) atoms. The minimum Gasteiger partial charge on any atom is -0.468 e. The molecule has 4 N–H and O–H groups in total. The van der Waals surface area contributed by atoms with Crippen LogP contribution in [-0.4, -0.2) is 36.0 Å². The number of halogens is 1. The Bertz CT molecular complexity index is 1690. The number of amides is 4. The molecule has 0 aliphatic carbocycles. The Kier molecular flexibility index (Phi) is 10.7. The zero-order valence-electron chi connectivity index (χ0n) is 27.1. The summed E-state index contributed by atoms with van der Waals surface area (Å²) in [5, 5.41) is 11.9. The SMILES string of the molecule is CCNC(=O)NCc1ccccc1-c1ccc(CN2C(=O)[C@H](NC(=O)CC(C)(C)NCc3ccco3)CCc3cc(F)ccc32)cc1. The van der Waals surface area contributed by atoms with Gasteiger partial charge >= 0.3 is 6.03 Å². The predicted molar refractivity (Wildman–Crippen MR) is 180 cm³/mol. The second-order valence-corrected chi connectivity index (χ2v) is 12.4. The van der Waals surface area contributed by atoms with E-state index in [0.717, 1.165) is 33.6 Å². The number of hydrogen-bond donors (Lipinski definition) is 4. The molecule has 246 valence electrons. The highest BCUT2D eigenvalue weighted by molar-refractivity contribution is 6.00. The van der Waals surface area contributed by atoms with Crippen molar-refractivity contribution in [1.29, 1.82) is 0 Å². The molecule has 5 rings (SSSR count). The molecule has 2 heterocycles. The summed E-state index contributed by atoms with van der Waals surface area (Å²) in [5.74, 6) is -0.0885. The van der Waals surface area contributed by atoms with E-state index >= 15 is 0 Å². The monoisotopic (exact) mass is 639 g/mol. The van der Waals surface area contributed by atoms with Gasteiger partial charge in [-0.15, -0.1) is 0 Å². The Morgan fingerprint density at radius 1 is 0.979 bits per heavy atom. The molecular formula is C37H42FN5O4. The quantitative estimate of drug-likeness (QED) is 0.156. The molecule has 9 nitrogen and oxygen atoms in total. The first-order valence-electron chi connectivity index (χ1n) is 16.0. The fraction of sp³-hybridized carbons (Fsp3) is 0.324. The molecule has 1 aromatic heterocycles. The Morgan fingerprint density at radius 2 is 1.77 bits per heavy atom. The lowest BCUT2D eigenvalue weighted by molar-refractivity contribution is -0.128. The third-order valence-electron chi connectivity index (χ3n) is 8.26. The zero-order chi connectivity index (χ0) is 33.4. The van der Waals surface area contributed by atoms with Crippen LogP contribution >= 0.6 is 0 Å². The Labute approximate surface area is 274 Å². The summed E-state index contributed by atoms with van der Waals surface area (Å²) in [6.45, 7) is 7.37. The predicted octanol–water partition coefficient (Wildman–Crippen LogP) is 5.83. The van der Waals surface area contributed by atoms with E-state index in [2.05, 4.69) is 21.3 Å². The first-order valence-corrected chi connectivity index (χ1v) is 16.0. The average molecular weight is 640 g/mol. The van der Waals surface area contributed by atoms with Crippen molar-refractivity contribution in [1.82, 2.24) is 21.3 Å². The molecule has 1 aliphatic rings. The van der Waals surface area contributed by atoms with Gasteiger partial charge in [0.1, 0.15) is 17.6 Å². The van der Waals surface area contributed by atoms with Crippen LogP contribution in [0.4, 0.5) is 14.9 Å². The van der Waals surface area contributed by atoms with Crippen LogP contribution in [0.5, 0.6) is 0 Å². The van der Waals surface area contributed by atoms with Gasteiger partial charge < -0.3 is 30.6 Å². The maximum absolute atomic E-state index is 14.3. The van der Waals surface area contributed by atoms with Gasteiger partial charge in [0.2, 0.25) is 11.8 Å². The maximum Gasteiger partial charge on any atom is 0.315 e. The molecule has 4 aromatic rings. The summed E-state index contributed by atoms with van der Waals surface area (Å²) in [4.78, 5) is 40.9. The Morgan fingerprint density at radius 3 is 2.51 bits per heavy atom. The molecule has 0 spiro atoms. The average Bonchev–Trinajstić information content (AvgIpc) is 3.54. The van der Waals surface area contributed by atoms with Crippen LogP contribution in [0.2, 0.25) is 0 Å². The van der Waals surface area contributed by atoms with Crippen LogP contribution < -0.4 is 26.2 Å². The van der Waals surface area contributed by atoms with Crippen LogP contribution in [0.1, 0.15) is 56.1 Å². The number of nitrogens with one attached hydrogen (secondary N) is 4. The van der Waals surface area contributed by atoms with E-state index in [1.165, 1.54) is 12.1 Å². The number of hydrogen-bond acceptors (Lipinski definition) is 5. The van der Waals surface area contributed by atoms with E-state index < -0.39 is 11.6 Å². The van der Waals surface area contributed by atoms with E-state index in [1.54, 1.807) is 17.2 Å². The van der Waals surface area contributed by atoms with Gasteiger partial charge in [-0.05, 0) is 91.8 Å². The number of aryl methyl sites for hydroxylation is 1. The van der Waals surface area contributed by atoms with Gasteiger partial charge in [-0.2, -0.15) is 0 Å².